The van der Waals surface area contributed by atoms with E-state index in [0.29, 0.717) is 5.69 Å². The van der Waals surface area contributed by atoms with Crippen LogP contribution in [0.3, 0.4) is 0 Å². The van der Waals surface area contributed by atoms with E-state index in [2.05, 4.69) is 19.9 Å². The Hall–Kier alpha value is -1.82. The molecule has 0 unspecified atom stereocenters. The topological polar surface area (TPSA) is 78.0 Å². The van der Waals surface area contributed by atoms with Gasteiger partial charge < -0.3 is 20.7 Å². The molecule has 0 aliphatic heterocycles. The smallest absolute Gasteiger partial charge is 0.188 e. The molecule has 1 rings (SSSR count). The number of aromatic nitrogens is 1. The number of rotatable bonds is 5. The lowest BCUT2D eigenvalue weighted by Gasteiger charge is -2.21. The lowest BCUT2D eigenvalue weighted by atomic mass is 10.3. The molecule has 0 aliphatic carbocycles. The van der Waals surface area contributed by atoms with Gasteiger partial charge in [-0.05, 0) is 26.2 Å². The highest BCUT2D eigenvalue weighted by atomic mass is 16.4. The lowest BCUT2D eigenvalue weighted by molar-refractivity contribution is 0.318. The van der Waals surface area contributed by atoms with Crippen LogP contribution in [0.5, 0.6) is 0 Å². The van der Waals surface area contributed by atoms with Crippen molar-refractivity contribution < 1.29 is 5.21 Å². The number of oxime groups is 1. The van der Waals surface area contributed by atoms with Crippen LogP contribution in [0, 0.1) is 0 Å². The molecular weight excluding hydrogens is 218 g/mol. The number of hydrogen-bond donors (Lipinski definition) is 2. The predicted molar refractivity (Wildman–Crippen MR) is 68.6 cm³/mol. The van der Waals surface area contributed by atoms with Crippen molar-refractivity contribution in [3.05, 3.63) is 24.0 Å². The molecule has 3 N–H and O–H groups in total. The Balaban J connectivity index is 2.67. The maximum atomic E-state index is 8.52. The highest BCUT2D eigenvalue weighted by Crippen LogP contribution is 2.10. The summed E-state index contributed by atoms with van der Waals surface area (Å²) in [4.78, 5) is 8.35. The largest absolute Gasteiger partial charge is 0.409 e. The Morgan fingerprint density at radius 2 is 2.06 bits per heavy atom. The SMILES string of the molecule is CN(C)CCN(C)c1ccc(/C(N)=N/O)nc1. The number of anilines is 1. The van der Waals surface area contributed by atoms with E-state index in [1.54, 1.807) is 12.3 Å². The third kappa shape index (κ3) is 3.92. The van der Waals surface area contributed by atoms with Gasteiger partial charge in [-0.15, -0.1) is 0 Å². The maximum absolute atomic E-state index is 8.52. The molecule has 0 bridgehead atoms. The lowest BCUT2D eigenvalue weighted by Crippen LogP contribution is -2.28. The van der Waals surface area contributed by atoms with Crippen LogP contribution in [0.1, 0.15) is 5.69 Å². The molecule has 0 amide bonds. The highest BCUT2D eigenvalue weighted by Gasteiger charge is 2.04. The van der Waals surface area contributed by atoms with Crippen molar-refractivity contribution in [3.8, 4) is 0 Å². The summed E-state index contributed by atoms with van der Waals surface area (Å²) in [7, 11) is 6.07. The molecule has 0 aliphatic rings. The van der Waals surface area contributed by atoms with E-state index < -0.39 is 0 Å². The summed E-state index contributed by atoms with van der Waals surface area (Å²) in [5, 5.41) is 11.4. The van der Waals surface area contributed by atoms with E-state index in [9.17, 15) is 0 Å². The molecule has 0 spiro atoms. The number of pyridine rings is 1. The molecular formula is C11H19N5O. The van der Waals surface area contributed by atoms with E-state index in [0.717, 1.165) is 18.8 Å². The fourth-order valence-corrected chi connectivity index (χ4v) is 1.29. The molecule has 0 aromatic carbocycles. The Bertz CT molecular complexity index is 374. The van der Waals surface area contributed by atoms with Gasteiger partial charge in [0.05, 0.1) is 11.9 Å². The summed E-state index contributed by atoms with van der Waals surface area (Å²) in [6.07, 6.45) is 1.71. The van der Waals surface area contributed by atoms with Crippen LogP contribution in [0.4, 0.5) is 5.69 Å². The number of nitrogens with two attached hydrogens (primary N) is 1. The molecule has 1 aromatic rings. The summed E-state index contributed by atoms with van der Waals surface area (Å²) < 4.78 is 0. The van der Waals surface area contributed by atoms with Crippen molar-refractivity contribution in [1.82, 2.24) is 9.88 Å². The number of likely N-dealkylation sites (N-methyl/N-ethyl adjacent to an activating group) is 2. The van der Waals surface area contributed by atoms with Crippen LogP contribution in [-0.2, 0) is 0 Å². The normalized spacial score (nSPS) is 11.9. The zero-order valence-electron chi connectivity index (χ0n) is 10.5. The van der Waals surface area contributed by atoms with Gasteiger partial charge >= 0.3 is 0 Å². The van der Waals surface area contributed by atoms with Crippen molar-refractivity contribution in [2.24, 2.45) is 10.9 Å². The first-order valence-corrected chi connectivity index (χ1v) is 5.34. The van der Waals surface area contributed by atoms with E-state index in [-0.39, 0.29) is 5.84 Å². The third-order valence-corrected chi connectivity index (χ3v) is 2.44. The van der Waals surface area contributed by atoms with E-state index in [1.165, 1.54) is 0 Å². The summed E-state index contributed by atoms with van der Waals surface area (Å²) in [5.41, 5.74) is 6.91. The molecule has 94 valence electrons. The Morgan fingerprint density at radius 1 is 1.35 bits per heavy atom. The second kappa shape index (κ2) is 6.05. The van der Waals surface area contributed by atoms with Crippen LogP contribution in [0.25, 0.3) is 0 Å². The molecule has 6 heteroatoms. The average molecular weight is 237 g/mol. The number of amidine groups is 1. The zero-order valence-corrected chi connectivity index (χ0v) is 10.5. The summed E-state index contributed by atoms with van der Waals surface area (Å²) >= 11 is 0. The van der Waals surface area contributed by atoms with Crippen LogP contribution in [0.2, 0.25) is 0 Å². The van der Waals surface area contributed by atoms with E-state index in [1.807, 2.05) is 27.2 Å². The molecule has 0 fully saturated rings. The Kier molecular flexibility index (Phi) is 4.71. The van der Waals surface area contributed by atoms with E-state index >= 15 is 0 Å². The second-order valence-electron chi connectivity index (χ2n) is 4.11. The van der Waals surface area contributed by atoms with Gasteiger partial charge in [0.2, 0.25) is 0 Å². The molecule has 17 heavy (non-hydrogen) atoms. The van der Waals surface area contributed by atoms with Gasteiger partial charge in [0, 0.05) is 20.1 Å². The standard InChI is InChI=1S/C11H19N5O/c1-15(2)6-7-16(3)9-4-5-10(13-8-9)11(12)14-17/h4-5,8,17H,6-7H2,1-3H3,(H2,12,14). The van der Waals surface area contributed by atoms with Crippen molar-refractivity contribution in [1.29, 1.82) is 0 Å². The third-order valence-electron chi connectivity index (χ3n) is 2.44. The maximum Gasteiger partial charge on any atom is 0.188 e. The van der Waals surface area contributed by atoms with Gasteiger partial charge in [0.25, 0.3) is 0 Å². The van der Waals surface area contributed by atoms with Gasteiger partial charge in [-0.25, -0.2) is 0 Å². The van der Waals surface area contributed by atoms with Crippen molar-refractivity contribution in [2.45, 2.75) is 0 Å². The Morgan fingerprint density at radius 3 is 2.53 bits per heavy atom. The molecule has 0 saturated carbocycles. The first-order chi connectivity index (χ1) is 8.04. The van der Waals surface area contributed by atoms with E-state index in [4.69, 9.17) is 10.9 Å². The van der Waals surface area contributed by atoms with Crippen molar-refractivity contribution in [3.63, 3.8) is 0 Å². The molecule has 1 aromatic heterocycles. The molecule has 0 saturated heterocycles. The minimum Gasteiger partial charge on any atom is -0.409 e. The zero-order chi connectivity index (χ0) is 12.8. The fourth-order valence-electron chi connectivity index (χ4n) is 1.29. The first kappa shape index (κ1) is 13.2. The van der Waals surface area contributed by atoms with Crippen LogP contribution in [0.15, 0.2) is 23.5 Å². The quantitative estimate of drug-likeness (QED) is 0.330. The first-order valence-electron chi connectivity index (χ1n) is 5.34. The molecule has 1 heterocycles. The molecule has 0 radical (unpaired) electrons. The average Bonchev–Trinajstić information content (AvgIpc) is 2.35. The van der Waals surface area contributed by atoms with Crippen LogP contribution < -0.4 is 10.6 Å². The highest BCUT2D eigenvalue weighted by molar-refractivity contribution is 5.95. The summed E-state index contributed by atoms with van der Waals surface area (Å²) in [6, 6.07) is 3.63. The van der Waals surface area contributed by atoms with Crippen LogP contribution in [-0.4, -0.2) is 55.2 Å². The van der Waals surface area contributed by atoms with Crippen LogP contribution >= 0.6 is 0 Å². The monoisotopic (exact) mass is 237 g/mol. The van der Waals surface area contributed by atoms with Gasteiger partial charge in [-0.2, -0.15) is 0 Å². The summed E-state index contributed by atoms with van der Waals surface area (Å²) in [5.74, 6) is 0.0208. The minimum atomic E-state index is 0.0208. The summed E-state index contributed by atoms with van der Waals surface area (Å²) in [6.45, 7) is 1.89. The van der Waals surface area contributed by atoms with Crippen molar-refractivity contribution in [2.75, 3.05) is 39.1 Å². The predicted octanol–water partition coefficient (Wildman–Crippen LogP) is 0.174. The van der Waals surface area contributed by atoms with Gasteiger partial charge in [0.1, 0.15) is 5.69 Å². The fraction of sp³-hybridized carbons (Fsp3) is 0.455. The van der Waals surface area contributed by atoms with Gasteiger partial charge in [0.15, 0.2) is 5.84 Å². The van der Waals surface area contributed by atoms with Gasteiger partial charge in [-0.3, -0.25) is 4.98 Å². The molecule has 6 nitrogen and oxygen atoms in total. The van der Waals surface area contributed by atoms with Gasteiger partial charge in [-0.1, -0.05) is 5.16 Å². The molecule has 0 atom stereocenters. The Labute approximate surface area is 101 Å². The number of hydrogen-bond acceptors (Lipinski definition) is 5. The minimum absolute atomic E-state index is 0.0208. The number of nitrogens with zero attached hydrogens (tertiary/aromatic N) is 4. The second-order valence-corrected chi connectivity index (χ2v) is 4.11. The van der Waals surface area contributed by atoms with Crippen molar-refractivity contribution >= 4 is 11.5 Å².